The standard InChI is InChI=1S/C17H17Cl2N5OS2/c18-12-8-14(19)16-20-21-17(24(16)9-12)27-11-15(25)23-5-3-22(4-6-23)10-13-2-1-7-26-13/h1-2,7-9H,3-6,10-11H2. The number of aromatic nitrogens is 3. The molecular weight excluding hydrogens is 425 g/mol. The molecule has 0 atom stereocenters. The zero-order valence-electron chi connectivity index (χ0n) is 14.3. The maximum atomic E-state index is 12.6. The first-order valence-corrected chi connectivity index (χ1v) is 11.1. The third-order valence-corrected chi connectivity index (χ3v) is 6.68. The quantitative estimate of drug-likeness (QED) is 0.566. The van der Waals surface area contributed by atoms with Crippen molar-refractivity contribution < 1.29 is 4.79 Å². The molecule has 1 aliphatic rings. The predicted molar refractivity (Wildman–Crippen MR) is 110 cm³/mol. The van der Waals surface area contributed by atoms with Crippen molar-refractivity contribution in [3.8, 4) is 0 Å². The van der Waals surface area contributed by atoms with Gasteiger partial charge in [0.1, 0.15) is 0 Å². The second kappa shape index (κ2) is 8.36. The number of thiophene rings is 1. The Morgan fingerprint density at radius 3 is 2.78 bits per heavy atom. The Balaban J connectivity index is 1.31. The van der Waals surface area contributed by atoms with Gasteiger partial charge >= 0.3 is 0 Å². The van der Waals surface area contributed by atoms with Crippen LogP contribution in [0.3, 0.4) is 0 Å². The Labute approximate surface area is 175 Å². The normalized spacial score (nSPS) is 15.6. The van der Waals surface area contributed by atoms with E-state index in [0.717, 1.165) is 32.7 Å². The predicted octanol–water partition coefficient (Wildman–Crippen LogP) is 3.53. The fourth-order valence-electron chi connectivity index (χ4n) is 3.00. The number of halogens is 2. The van der Waals surface area contributed by atoms with Crippen LogP contribution in [0.1, 0.15) is 4.88 Å². The number of thioether (sulfide) groups is 1. The van der Waals surface area contributed by atoms with Gasteiger partial charge in [-0.15, -0.1) is 21.5 Å². The molecule has 0 bridgehead atoms. The highest BCUT2D eigenvalue weighted by Crippen LogP contribution is 2.25. The van der Waals surface area contributed by atoms with Crippen molar-refractivity contribution in [2.75, 3.05) is 31.9 Å². The topological polar surface area (TPSA) is 53.7 Å². The Kier molecular flexibility index (Phi) is 5.89. The van der Waals surface area contributed by atoms with Crippen molar-refractivity contribution in [2.45, 2.75) is 11.7 Å². The van der Waals surface area contributed by atoms with Crippen LogP contribution in [0.4, 0.5) is 0 Å². The molecule has 0 spiro atoms. The zero-order valence-corrected chi connectivity index (χ0v) is 17.5. The molecule has 0 N–H and O–H groups in total. The molecule has 3 aromatic rings. The van der Waals surface area contributed by atoms with Crippen molar-refractivity contribution in [3.05, 3.63) is 44.7 Å². The number of carbonyl (C=O) groups excluding carboxylic acids is 1. The first-order valence-electron chi connectivity index (χ1n) is 8.45. The van der Waals surface area contributed by atoms with Crippen LogP contribution in [0.2, 0.25) is 10.0 Å². The van der Waals surface area contributed by atoms with E-state index in [1.165, 1.54) is 16.6 Å². The average molecular weight is 442 g/mol. The van der Waals surface area contributed by atoms with E-state index in [0.29, 0.717) is 26.6 Å². The van der Waals surface area contributed by atoms with Crippen LogP contribution in [0.25, 0.3) is 5.65 Å². The van der Waals surface area contributed by atoms with Gasteiger partial charge in [-0.1, -0.05) is 41.0 Å². The summed E-state index contributed by atoms with van der Waals surface area (Å²) in [4.78, 5) is 18.2. The van der Waals surface area contributed by atoms with Gasteiger partial charge in [-0.3, -0.25) is 14.1 Å². The Morgan fingerprint density at radius 1 is 1.22 bits per heavy atom. The van der Waals surface area contributed by atoms with Gasteiger partial charge in [0.25, 0.3) is 0 Å². The minimum absolute atomic E-state index is 0.112. The molecular formula is C17H17Cl2N5OS2. The summed E-state index contributed by atoms with van der Waals surface area (Å²) < 4.78 is 1.72. The van der Waals surface area contributed by atoms with E-state index >= 15 is 0 Å². The summed E-state index contributed by atoms with van der Waals surface area (Å²) in [6.07, 6.45) is 1.71. The Hall–Kier alpha value is -1.32. The molecule has 3 aromatic heterocycles. The fraction of sp³-hybridized carbons (Fsp3) is 0.353. The van der Waals surface area contributed by atoms with Gasteiger partial charge in [-0.05, 0) is 17.5 Å². The highest BCUT2D eigenvalue weighted by atomic mass is 35.5. The van der Waals surface area contributed by atoms with E-state index in [1.54, 1.807) is 28.0 Å². The molecule has 0 aromatic carbocycles. The number of nitrogens with zero attached hydrogens (tertiary/aromatic N) is 5. The second-order valence-corrected chi connectivity index (χ2v) is 9.03. The van der Waals surface area contributed by atoms with Crippen LogP contribution in [-0.4, -0.2) is 62.2 Å². The molecule has 0 unspecified atom stereocenters. The number of hydrogen-bond acceptors (Lipinski definition) is 6. The third-order valence-electron chi connectivity index (χ3n) is 4.40. The van der Waals surface area contributed by atoms with Gasteiger partial charge in [0.2, 0.25) is 5.91 Å². The molecule has 1 saturated heterocycles. The summed E-state index contributed by atoms with van der Waals surface area (Å²) in [5.41, 5.74) is 0.540. The lowest BCUT2D eigenvalue weighted by Crippen LogP contribution is -2.48. The monoisotopic (exact) mass is 441 g/mol. The van der Waals surface area contributed by atoms with Crippen LogP contribution in [0.15, 0.2) is 34.9 Å². The average Bonchev–Trinajstić information content (AvgIpc) is 3.30. The van der Waals surface area contributed by atoms with Gasteiger partial charge in [0.05, 0.1) is 15.8 Å². The summed E-state index contributed by atoms with van der Waals surface area (Å²) in [5.74, 6) is 0.427. The number of amides is 1. The highest BCUT2D eigenvalue weighted by molar-refractivity contribution is 7.99. The molecule has 0 radical (unpaired) electrons. The van der Waals surface area contributed by atoms with Crippen molar-refractivity contribution in [1.82, 2.24) is 24.4 Å². The number of pyridine rings is 1. The Morgan fingerprint density at radius 2 is 2.04 bits per heavy atom. The van der Waals surface area contributed by atoms with Crippen LogP contribution >= 0.6 is 46.3 Å². The summed E-state index contributed by atoms with van der Waals surface area (Å²) in [6, 6.07) is 5.86. The van der Waals surface area contributed by atoms with E-state index in [1.807, 2.05) is 4.90 Å². The minimum atomic E-state index is 0.112. The van der Waals surface area contributed by atoms with Gasteiger partial charge < -0.3 is 4.90 Å². The number of carbonyl (C=O) groups is 1. The summed E-state index contributed by atoms with van der Waals surface area (Å²) >= 11 is 15.3. The number of rotatable bonds is 5. The molecule has 0 saturated carbocycles. The van der Waals surface area contributed by atoms with E-state index in [2.05, 4.69) is 32.6 Å². The summed E-state index contributed by atoms with van der Waals surface area (Å²) in [6.45, 7) is 4.26. The highest BCUT2D eigenvalue weighted by Gasteiger charge is 2.22. The molecule has 1 amide bonds. The molecule has 1 aliphatic heterocycles. The summed E-state index contributed by atoms with van der Waals surface area (Å²) in [5, 5.41) is 11.8. The third kappa shape index (κ3) is 4.41. The molecule has 27 heavy (non-hydrogen) atoms. The molecule has 6 nitrogen and oxygen atoms in total. The SMILES string of the molecule is O=C(CSc1nnc2c(Cl)cc(Cl)cn12)N1CCN(Cc2cccs2)CC1. The number of piperazine rings is 1. The van der Waals surface area contributed by atoms with E-state index in [-0.39, 0.29) is 5.91 Å². The van der Waals surface area contributed by atoms with Gasteiger partial charge in [0, 0.05) is 43.8 Å². The largest absolute Gasteiger partial charge is 0.339 e. The van der Waals surface area contributed by atoms with Crippen molar-refractivity contribution in [1.29, 1.82) is 0 Å². The van der Waals surface area contributed by atoms with Crippen molar-refractivity contribution >= 4 is 57.9 Å². The van der Waals surface area contributed by atoms with Crippen LogP contribution in [0, 0.1) is 0 Å². The van der Waals surface area contributed by atoms with E-state index < -0.39 is 0 Å². The minimum Gasteiger partial charge on any atom is -0.339 e. The smallest absolute Gasteiger partial charge is 0.233 e. The van der Waals surface area contributed by atoms with Crippen molar-refractivity contribution in [3.63, 3.8) is 0 Å². The first kappa shape index (κ1) is 19.0. The van der Waals surface area contributed by atoms with E-state index in [4.69, 9.17) is 23.2 Å². The fourth-order valence-corrected chi connectivity index (χ4v) is 5.06. The number of fused-ring (bicyclic) bond motifs is 1. The molecule has 142 valence electrons. The lowest BCUT2D eigenvalue weighted by molar-refractivity contribution is -0.130. The van der Waals surface area contributed by atoms with Crippen LogP contribution in [0.5, 0.6) is 0 Å². The van der Waals surface area contributed by atoms with Gasteiger partial charge in [0.15, 0.2) is 10.8 Å². The van der Waals surface area contributed by atoms with Gasteiger partial charge in [-0.2, -0.15) is 0 Å². The second-order valence-electron chi connectivity index (χ2n) is 6.21. The summed E-state index contributed by atoms with van der Waals surface area (Å²) in [7, 11) is 0. The lowest BCUT2D eigenvalue weighted by atomic mass is 10.3. The Bertz CT molecular complexity index is 938. The molecule has 4 heterocycles. The lowest BCUT2D eigenvalue weighted by Gasteiger charge is -2.34. The maximum absolute atomic E-state index is 12.6. The van der Waals surface area contributed by atoms with Gasteiger partial charge in [-0.25, -0.2) is 0 Å². The molecule has 4 rings (SSSR count). The maximum Gasteiger partial charge on any atom is 0.233 e. The first-order chi connectivity index (χ1) is 13.1. The van der Waals surface area contributed by atoms with Crippen molar-refractivity contribution in [2.24, 2.45) is 0 Å². The van der Waals surface area contributed by atoms with Crippen LogP contribution in [-0.2, 0) is 11.3 Å². The van der Waals surface area contributed by atoms with Crippen LogP contribution < -0.4 is 0 Å². The molecule has 1 fully saturated rings. The number of hydrogen-bond donors (Lipinski definition) is 0. The molecule has 0 aliphatic carbocycles. The zero-order chi connectivity index (χ0) is 18.8. The van der Waals surface area contributed by atoms with E-state index in [9.17, 15) is 4.79 Å². The molecule has 10 heteroatoms.